The molecule has 2 N–H and O–H groups in total. The van der Waals surface area contributed by atoms with Gasteiger partial charge in [0.25, 0.3) is 11.6 Å². The van der Waals surface area contributed by atoms with Gasteiger partial charge in [0.2, 0.25) is 15.9 Å². The number of nitrogens with one attached hydrogen (secondary N) is 2. The topological polar surface area (TPSA) is 180 Å². The third-order valence-electron chi connectivity index (χ3n) is 4.11. The van der Waals surface area contributed by atoms with E-state index in [1.54, 1.807) is 19.1 Å². The molecule has 3 aromatic rings. The second kappa shape index (κ2) is 9.57. The molecule has 0 bridgehead atoms. The summed E-state index contributed by atoms with van der Waals surface area (Å²) < 4.78 is 42.4. The number of hydrogen-bond acceptors (Lipinski definition) is 11. The van der Waals surface area contributed by atoms with Crippen LogP contribution in [-0.2, 0) is 26.1 Å². The van der Waals surface area contributed by atoms with Gasteiger partial charge in [0.15, 0.2) is 6.10 Å². The van der Waals surface area contributed by atoms with Crippen LogP contribution in [0.5, 0.6) is 0 Å². The summed E-state index contributed by atoms with van der Waals surface area (Å²) in [5, 5.41) is 21.6. The van der Waals surface area contributed by atoms with E-state index >= 15 is 0 Å². The van der Waals surface area contributed by atoms with Crippen molar-refractivity contribution in [3.8, 4) is 0 Å². The lowest BCUT2D eigenvalue weighted by molar-refractivity contribution is -0.384. The molecule has 1 aromatic carbocycles. The summed E-state index contributed by atoms with van der Waals surface area (Å²) in [4.78, 5) is 22.3. The Balaban J connectivity index is 1.65. The number of benzene rings is 1. The molecule has 0 aliphatic rings. The Labute approximate surface area is 182 Å². The van der Waals surface area contributed by atoms with E-state index in [4.69, 9.17) is 13.6 Å². The lowest BCUT2D eigenvalue weighted by Crippen LogP contribution is -2.31. The zero-order valence-corrected chi connectivity index (χ0v) is 17.8. The van der Waals surface area contributed by atoms with Gasteiger partial charge in [0, 0.05) is 13.0 Å². The minimum atomic E-state index is -4.24. The van der Waals surface area contributed by atoms with Gasteiger partial charge in [-0.05, 0) is 31.2 Å². The standard InChI is InChI=1S/C18H19N5O8S/c1-11(18-22-21-12(2)31-18)30-17(24)10-20-32(27,28)14-5-6-15(16(8-14)23(25)26)19-9-13-4-3-7-29-13/h3-8,11,19-20H,9-10H2,1-2H3. The molecule has 32 heavy (non-hydrogen) atoms. The van der Waals surface area contributed by atoms with E-state index in [1.165, 1.54) is 25.3 Å². The quantitative estimate of drug-likeness (QED) is 0.254. The van der Waals surface area contributed by atoms with Gasteiger partial charge in [-0.3, -0.25) is 14.9 Å². The van der Waals surface area contributed by atoms with Crippen molar-refractivity contribution in [3.05, 3.63) is 64.3 Å². The number of nitro benzene ring substituents is 1. The molecule has 0 radical (unpaired) electrons. The van der Waals surface area contributed by atoms with Crippen molar-refractivity contribution >= 4 is 27.4 Å². The number of aryl methyl sites for hydroxylation is 1. The van der Waals surface area contributed by atoms with Crippen molar-refractivity contribution in [3.63, 3.8) is 0 Å². The van der Waals surface area contributed by atoms with Crippen LogP contribution >= 0.6 is 0 Å². The number of anilines is 1. The number of sulfonamides is 1. The molecule has 0 fully saturated rings. The number of esters is 1. The average molecular weight is 465 g/mol. The highest BCUT2D eigenvalue weighted by Gasteiger charge is 2.24. The van der Waals surface area contributed by atoms with E-state index in [0.29, 0.717) is 5.76 Å². The van der Waals surface area contributed by atoms with Crippen LogP contribution in [0.15, 0.2) is 50.3 Å². The van der Waals surface area contributed by atoms with Gasteiger partial charge in [0.1, 0.15) is 18.0 Å². The third kappa shape index (κ3) is 5.67. The number of carbonyl (C=O) groups excluding carboxylic acids is 1. The molecule has 0 aliphatic carbocycles. The number of carbonyl (C=O) groups is 1. The molecule has 3 rings (SSSR count). The van der Waals surface area contributed by atoms with E-state index in [0.717, 1.165) is 6.07 Å². The van der Waals surface area contributed by atoms with E-state index < -0.39 is 39.3 Å². The van der Waals surface area contributed by atoms with E-state index in [2.05, 4.69) is 20.2 Å². The fourth-order valence-electron chi connectivity index (χ4n) is 2.58. The van der Waals surface area contributed by atoms with Crippen LogP contribution < -0.4 is 10.0 Å². The molecular weight excluding hydrogens is 446 g/mol. The van der Waals surface area contributed by atoms with Crippen molar-refractivity contribution in [1.82, 2.24) is 14.9 Å². The first-order chi connectivity index (χ1) is 15.2. The molecule has 2 aromatic heterocycles. The Hall–Kier alpha value is -3.78. The minimum absolute atomic E-state index is 0.0620. The predicted octanol–water partition coefficient (Wildman–Crippen LogP) is 2.07. The maximum Gasteiger partial charge on any atom is 0.321 e. The van der Waals surface area contributed by atoms with Crippen LogP contribution in [0.2, 0.25) is 0 Å². The second-order valence-electron chi connectivity index (χ2n) is 6.48. The Morgan fingerprint density at radius 1 is 1.31 bits per heavy atom. The molecule has 13 nitrogen and oxygen atoms in total. The monoisotopic (exact) mass is 465 g/mol. The maximum atomic E-state index is 12.5. The molecule has 14 heteroatoms. The molecular formula is C18H19N5O8S. The fourth-order valence-corrected chi connectivity index (χ4v) is 3.57. The van der Waals surface area contributed by atoms with E-state index in [1.807, 2.05) is 0 Å². The average Bonchev–Trinajstić information content (AvgIpc) is 3.42. The Bertz CT molecular complexity index is 1210. The summed E-state index contributed by atoms with van der Waals surface area (Å²) >= 11 is 0. The first-order valence-corrected chi connectivity index (χ1v) is 10.7. The summed E-state index contributed by atoms with van der Waals surface area (Å²) in [5.74, 6) is -0.0106. The zero-order valence-electron chi connectivity index (χ0n) is 17.0. The SMILES string of the molecule is Cc1nnc(C(C)OC(=O)CNS(=O)(=O)c2ccc(NCc3ccco3)c([N+](=O)[O-])c2)o1. The summed E-state index contributed by atoms with van der Waals surface area (Å²) in [6, 6.07) is 6.67. The van der Waals surface area contributed by atoms with Gasteiger partial charge < -0.3 is 18.9 Å². The third-order valence-corrected chi connectivity index (χ3v) is 5.51. The van der Waals surface area contributed by atoms with E-state index in [-0.39, 0.29) is 28.9 Å². The number of nitro groups is 1. The number of ether oxygens (including phenoxy) is 1. The summed E-state index contributed by atoms with van der Waals surface area (Å²) in [6.45, 7) is 2.52. The molecule has 0 spiro atoms. The predicted molar refractivity (Wildman–Crippen MR) is 108 cm³/mol. The van der Waals surface area contributed by atoms with Gasteiger partial charge in [-0.1, -0.05) is 0 Å². The molecule has 170 valence electrons. The highest BCUT2D eigenvalue weighted by atomic mass is 32.2. The van der Waals surface area contributed by atoms with Crippen LogP contribution in [0.4, 0.5) is 11.4 Å². The van der Waals surface area contributed by atoms with Crippen molar-refractivity contribution in [2.45, 2.75) is 31.4 Å². The minimum Gasteiger partial charge on any atom is -0.467 e. The van der Waals surface area contributed by atoms with Gasteiger partial charge in [-0.25, -0.2) is 8.42 Å². The highest BCUT2D eigenvalue weighted by molar-refractivity contribution is 7.89. The van der Waals surface area contributed by atoms with Crippen molar-refractivity contribution in [1.29, 1.82) is 0 Å². The second-order valence-corrected chi connectivity index (χ2v) is 8.25. The van der Waals surface area contributed by atoms with Crippen LogP contribution in [0.3, 0.4) is 0 Å². The van der Waals surface area contributed by atoms with Crippen LogP contribution in [0.1, 0.15) is 30.6 Å². The van der Waals surface area contributed by atoms with Gasteiger partial charge in [-0.15, -0.1) is 10.2 Å². The summed E-state index contributed by atoms with van der Waals surface area (Å²) in [5.41, 5.74) is -0.351. The van der Waals surface area contributed by atoms with Crippen LogP contribution in [0.25, 0.3) is 0 Å². The maximum absolute atomic E-state index is 12.5. The normalized spacial score (nSPS) is 12.3. The largest absolute Gasteiger partial charge is 0.467 e. The number of nitrogens with zero attached hydrogens (tertiary/aromatic N) is 3. The Morgan fingerprint density at radius 3 is 2.72 bits per heavy atom. The summed E-state index contributed by atoms with van der Waals surface area (Å²) in [7, 11) is -4.24. The molecule has 0 saturated carbocycles. The Kier molecular flexibility index (Phi) is 6.85. The van der Waals surface area contributed by atoms with Gasteiger partial charge in [0.05, 0.1) is 22.6 Å². The molecule has 1 atom stereocenters. The zero-order chi connectivity index (χ0) is 23.3. The number of rotatable bonds is 10. The highest BCUT2D eigenvalue weighted by Crippen LogP contribution is 2.28. The smallest absolute Gasteiger partial charge is 0.321 e. The molecule has 1 unspecified atom stereocenters. The molecule has 0 saturated heterocycles. The number of furan rings is 1. The first-order valence-electron chi connectivity index (χ1n) is 9.19. The van der Waals surface area contributed by atoms with Crippen molar-refractivity contribution in [2.75, 3.05) is 11.9 Å². The number of aromatic nitrogens is 2. The first kappa shape index (κ1) is 22.9. The molecule has 0 aliphatic heterocycles. The van der Waals surface area contributed by atoms with Crippen molar-refractivity contribution < 1.29 is 31.7 Å². The molecule has 0 amide bonds. The fraction of sp³-hybridized carbons (Fsp3) is 0.278. The lowest BCUT2D eigenvalue weighted by Gasteiger charge is -2.11. The van der Waals surface area contributed by atoms with Gasteiger partial charge >= 0.3 is 5.97 Å². The van der Waals surface area contributed by atoms with Crippen molar-refractivity contribution in [2.24, 2.45) is 0 Å². The number of hydrogen-bond donors (Lipinski definition) is 2. The van der Waals surface area contributed by atoms with Crippen LogP contribution in [-0.4, -0.2) is 36.1 Å². The Morgan fingerprint density at radius 2 is 2.09 bits per heavy atom. The lowest BCUT2D eigenvalue weighted by atomic mass is 10.2. The van der Waals surface area contributed by atoms with Crippen LogP contribution in [0, 0.1) is 17.0 Å². The molecule has 2 heterocycles. The summed E-state index contributed by atoms with van der Waals surface area (Å²) in [6.07, 6.45) is 0.579. The van der Waals surface area contributed by atoms with E-state index in [9.17, 15) is 23.3 Å². The van der Waals surface area contributed by atoms with Gasteiger partial charge in [-0.2, -0.15) is 4.72 Å².